The van der Waals surface area contributed by atoms with Crippen molar-refractivity contribution in [2.24, 2.45) is 21.7 Å². The van der Waals surface area contributed by atoms with E-state index in [2.05, 4.69) is 165 Å². The van der Waals surface area contributed by atoms with Gasteiger partial charge in [-0.1, -0.05) is 92.6 Å². The number of ether oxygens (including phenoxy) is 5. The molecular formula is C76H144N6O11. The molecule has 1 aromatic rings. The summed E-state index contributed by atoms with van der Waals surface area (Å²) in [5.41, 5.74) is 1.35. The summed E-state index contributed by atoms with van der Waals surface area (Å²) in [5, 5.41) is 6.02. The number of nitrogens with zero attached hydrogens (tertiary/aromatic N) is 4. The Morgan fingerprint density at radius 3 is 1.57 bits per heavy atom. The zero-order chi connectivity index (χ0) is 72.4. The summed E-state index contributed by atoms with van der Waals surface area (Å²) in [6.07, 6.45) is 13.1. The largest absolute Gasteiger partial charge is 0.464 e. The number of hydrogen-bond acceptors (Lipinski definition) is 15. The zero-order valence-corrected chi connectivity index (χ0v) is 65.2. The van der Waals surface area contributed by atoms with Crippen LogP contribution < -0.4 is 10.6 Å². The van der Waals surface area contributed by atoms with Gasteiger partial charge in [-0.3, -0.25) is 29.0 Å². The van der Waals surface area contributed by atoms with Crippen molar-refractivity contribution in [2.45, 2.75) is 295 Å². The number of carbonyl (C=O) groups excluding carboxylic acids is 6. The number of ketones is 2. The van der Waals surface area contributed by atoms with Crippen molar-refractivity contribution in [1.82, 2.24) is 30.2 Å². The molecule has 3 unspecified atom stereocenters. The summed E-state index contributed by atoms with van der Waals surface area (Å²) < 4.78 is 26.5. The van der Waals surface area contributed by atoms with Gasteiger partial charge in [-0.25, -0.2) is 0 Å². The minimum atomic E-state index is -0.377. The highest BCUT2D eigenvalue weighted by atomic mass is 16.5. The Balaban J connectivity index is 0. The van der Waals surface area contributed by atoms with Gasteiger partial charge < -0.3 is 53.7 Å². The van der Waals surface area contributed by atoms with Crippen LogP contribution in [0.15, 0.2) is 30.3 Å². The fourth-order valence-electron chi connectivity index (χ4n) is 12.7. The van der Waals surface area contributed by atoms with Gasteiger partial charge in [-0.2, -0.15) is 0 Å². The summed E-state index contributed by atoms with van der Waals surface area (Å²) in [6.45, 7) is 52.0. The second-order valence-electron chi connectivity index (χ2n) is 32.1. The number of benzene rings is 1. The van der Waals surface area contributed by atoms with E-state index in [1.165, 1.54) is 18.9 Å². The number of rotatable bonds is 28. The summed E-state index contributed by atoms with van der Waals surface area (Å²) in [5.74, 6) is 0.844. The molecule has 1 saturated carbocycles. The third-order valence-corrected chi connectivity index (χ3v) is 19.3. The van der Waals surface area contributed by atoms with Gasteiger partial charge in [0, 0.05) is 114 Å². The van der Waals surface area contributed by atoms with E-state index in [9.17, 15) is 28.8 Å². The van der Waals surface area contributed by atoms with E-state index >= 15 is 0 Å². The van der Waals surface area contributed by atoms with Crippen molar-refractivity contribution in [3.8, 4) is 0 Å². The van der Waals surface area contributed by atoms with Crippen molar-refractivity contribution in [3.63, 3.8) is 0 Å². The monoisotopic (exact) mass is 1320 g/mol. The van der Waals surface area contributed by atoms with Gasteiger partial charge in [-0.15, -0.1) is 0 Å². The summed E-state index contributed by atoms with van der Waals surface area (Å²) in [7, 11) is 13.5. The number of amides is 2. The molecule has 3 aliphatic rings. The van der Waals surface area contributed by atoms with E-state index in [1.807, 2.05) is 55.6 Å². The average Bonchev–Trinajstić information content (AvgIpc) is 0.794. The quantitative estimate of drug-likeness (QED) is 0.0596. The predicted molar refractivity (Wildman–Crippen MR) is 385 cm³/mol. The number of likely N-dealkylation sites (N-methyl/N-ethyl adjacent to an activating group) is 1. The first-order chi connectivity index (χ1) is 42.7. The van der Waals surface area contributed by atoms with E-state index < -0.39 is 0 Å². The molecule has 2 saturated heterocycles. The van der Waals surface area contributed by atoms with Crippen LogP contribution in [0.2, 0.25) is 0 Å². The number of methoxy groups -OCH3 is 3. The maximum absolute atomic E-state index is 12.2. The Bertz CT molecular complexity index is 2240. The first-order valence-corrected chi connectivity index (χ1v) is 35.0. The Morgan fingerprint density at radius 1 is 0.645 bits per heavy atom. The fraction of sp³-hybridized carbons (Fsp3) is 0.842. The number of Topliss-reactive ketones (excluding diaryl/α,β-unsaturated/α-hetero) is 2. The van der Waals surface area contributed by atoms with Crippen LogP contribution in [0, 0.1) is 21.7 Å². The average molecular weight is 1320 g/mol. The molecule has 1 aromatic carbocycles. The van der Waals surface area contributed by atoms with Crippen LogP contribution in [-0.2, 0) is 52.5 Å². The molecule has 544 valence electrons. The molecule has 4 rings (SSSR count). The normalized spacial score (nSPS) is 20.4. The SMILES string of the molecule is CC(=O)CCC1(C)CC(NC(C)=O)CC(C)(C)C1.CCC(C)(C)C(=O)NCCCN(C)C.CCC(C)(C)C(=O)OC1CC(C)(C)N(C)C(C)(C)C1.CCC(C)c1ccccc1.COC1CC(C)(C)N(CCOC(=O)CCC(C)=O)C(C)(C)C1.COCCN(C)CCOC. The molecule has 2 heterocycles. The second-order valence-corrected chi connectivity index (χ2v) is 32.1. The van der Waals surface area contributed by atoms with Crippen LogP contribution in [0.5, 0.6) is 0 Å². The van der Waals surface area contributed by atoms with E-state index in [4.69, 9.17) is 23.7 Å². The first-order valence-electron chi connectivity index (χ1n) is 35.0. The van der Waals surface area contributed by atoms with Crippen molar-refractivity contribution in [3.05, 3.63) is 35.9 Å². The third kappa shape index (κ3) is 38.6. The smallest absolute Gasteiger partial charge is 0.311 e. The fourth-order valence-corrected chi connectivity index (χ4v) is 12.7. The summed E-state index contributed by atoms with van der Waals surface area (Å²) >= 11 is 0. The van der Waals surface area contributed by atoms with Crippen molar-refractivity contribution in [1.29, 1.82) is 0 Å². The number of piperidine rings is 2. The van der Waals surface area contributed by atoms with Gasteiger partial charge in [0.1, 0.15) is 24.3 Å². The van der Waals surface area contributed by atoms with Crippen LogP contribution in [-0.4, -0.2) is 197 Å². The lowest BCUT2D eigenvalue weighted by molar-refractivity contribution is -0.169. The first kappa shape index (κ1) is 91.2. The molecule has 17 heteroatoms. The number of esters is 2. The standard InChI is InChI=1S/C17H31NO4.C16H31NO2.C15H27NO2.C11H24N2O.C10H14.C7H17NO2/c1-13(19)7-8-15(20)22-10-9-18-16(2,3)11-14(21-6)12-17(18,4)5;1-9-14(2,3)13(18)19-12-10-15(4,5)17(8)16(6,7)11-12;1-11(17)6-7-15(5)9-13(16-12(2)18)8-14(3,4)10-15;1-6-11(2,3)10(14)12-8-7-9-13(4)5;1-3-9(2)10-7-5-4-6-8-10;1-8(4-6-9-2)5-7-10-3/h14H,7-12H2,1-6H3;12H,9-11H2,1-8H3;13H,6-10H2,1-5H3,(H,16,18);6-9H2,1-5H3,(H,12,14);4-9H,3H2,1-2H3;4-7H2,1-3H3. The van der Waals surface area contributed by atoms with Crippen molar-refractivity contribution >= 4 is 35.3 Å². The Morgan fingerprint density at radius 2 is 1.14 bits per heavy atom. The lowest BCUT2D eigenvalue weighted by Crippen LogP contribution is -2.62. The highest BCUT2D eigenvalue weighted by Crippen LogP contribution is 2.49. The van der Waals surface area contributed by atoms with Crippen LogP contribution in [0.25, 0.3) is 0 Å². The molecule has 93 heavy (non-hydrogen) atoms. The molecule has 3 fully saturated rings. The van der Waals surface area contributed by atoms with Gasteiger partial charge in [0.2, 0.25) is 11.8 Å². The molecular weight excluding hydrogens is 1170 g/mol. The van der Waals surface area contributed by atoms with Crippen LogP contribution in [0.3, 0.4) is 0 Å². The van der Waals surface area contributed by atoms with Crippen LogP contribution in [0.1, 0.15) is 260 Å². The number of likely N-dealkylation sites (tertiary alicyclic amines) is 2. The van der Waals surface area contributed by atoms with E-state index in [0.717, 1.165) is 110 Å². The number of hydrogen-bond donors (Lipinski definition) is 2. The van der Waals surface area contributed by atoms with Crippen molar-refractivity contribution in [2.75, 3.05) is 102 Å². The maximum Gasteiger partial charge on any atom is 0.311 e. The molecule has 17 nitrogen and oxygen atoms in total. The maximum atomic E-state index is 12.2. The molecule has 0 aromatic heterocycles. The number of nitrogens with one attached hydrogen (secondary N) is 2. The Kier molecular flexibility index (Phi) is 42.6. The highest BCUT2D eigenvalue weighted by Gasteiger charge is 2.47. The molecule has 3 atom stereocenters. The van der Waals surface area contributed by atoms with Gasteiger partial charge in [0.15, 0.2) is 0 Å². The van der Waals surface area contributed by atoms with Gasteiger partial charge in [-0.05, 0) is 204 Å². The molecule has 0 bridgehead atoms. The van der Waals surface area contributed by atoms with Crippen LogP contribution >= 0.6 is 0 Å². The minimum absolute atomic E-state index is 0.00574. The molecule has 0 radical (unpaired) electrons. The van der Waals surface area contributed by atoms with Gasteiger partial charge in [0.05, 0.1) is 31.2 Å². The molecule has 0 spiro atoms. The third-order valence-electron chi connectivity index (χ3n) is 19.3. The molecule has 2 aliphatic heterocycles. The summed E-state index contributed by atoms with van der Waals surface area (Å²) in [6, 6.07) is 10.9. The predicted octanol–water partition coefficient (Wildman–Crippen LogP) is 14.2. The number of carbonyl (C=O) groups is 6. The van der Waals surface area contributed by atoms with E-state index in [1.54, 1.807) is 35.2 Å². The van der Waals surface area contributed by atoms with E-state index in [-0.39, 0.29) is 110 Å². The lowest BCUT2D eigenvalue weighted by atomic mass is 9.61. The molecule has 1 aliphatic carbocycles. The van der Waals surface area contributed by atoms with Crippen molar-refractivity contribution < 1.29 is 52.5 Å². The molecule has 2 N–H and O–H groups in total. The van der Waals surface area contributed by atoms with Gasteiger partial charge in [0.25, 0.3) is 0 Å². The zero-order valence-electron chi connectivity index (χ0n) is 65.2. The van der Waals surface area contributed by atoms with Gasteiger partial charge >= 0.3 is 11.9 Å². The lowest BCUT2D eigenvalue weighted by Gasteiger charge is -2.55. The summed E-state index contributed by atoms with van der Waals surface area (Å²) in [4.78, 5) is 77.8. The Labute approximate surface area is 570 Å². The Hall–Kier alpha value is -3.84. The van der Waals surface area contributed by atoms with E-state index in [0.29, 0.717) is 25.5 Å². The second kappa shape index (κ2) is 43.4. The van der Waals surface area contributed by atoms with Crippen LogP contribution in [0.4, 0.5) is 0 Å². The molecule has 2 amide bonds. The topological polar surface area (TPSA) is 186 Å². The highest BCUT2D eigenvalue weighted by molar-refractivity contribution is 5.82. The minimum Gasteiger partial charge on any atom is -0.464 e.